The van der Waals surface area contributed by atoms with Gasteiger partial charge in [-0.3, -0.25) is 9.59 Å². The molecule has 2 N–H and O–H groups in total. The summed E-state index contributed by atoms with van der Waals surface area (Å²) in [6.45, 7) is 0. The summed E-state index contributed by atoms with van der Waals surface area (Å²) in [4.78, 5) is 22.2. The van der Waals surface area contributed by atoms with Crippen molar-refractivity contribution in [3.8, 4) is 0 Å². The topological polar surface area (TPSA) is 74.6 Å². The van der Waals surface area contributed by atoms with Crippen LogP contribution in [0.1, 0.15) is 11.1 Å². The monoisotopic (exact) mass is 218 g/mol. The van der Waals surface area contributed by atoms with Crippen LogP contribution >= 0.6 is 0 Å². The molecule has 0 spiro atoms. The second-order valence-electron chi connectivity index (χ2n) is 3.79. The first-order chi connectivity index (χ1) is 7.56. The average Bonchev–Trinajstić information content (AvgIpc) is 2.27. The molecule has 0 bridgehead atoms. The fraction of sp³-hybridized carbons (Fsp3) is 0.167. The molecule has 0 aromatic heterocycles. The summed E-state index contributed by atoms with van der Waals surface area (Å²) >= 11 is 0. The van der Waals surface area contributed by atoms with Crippen LogP contribution in [0.2, 0.25) is 0 Å². The van der Waals surface area contributed by atoms with Crippen LogP contribution in [0.4, 0.5) is 0 Å². The van der Waals surface area contributed by atoms with Crippen molar-refractivity contribution < 1.29 is 19.8 Å². The number of carboxylic acids is 2. The lowest BCUT2D eigenvalue weighted by atomic mass is 9.76. The van der Waals surface area contributed by atoms with Crippen LogP contribution in [0.15, 0.2) is 30.3 Å². The molecule has 0 saturated carbocycles. The Morgan fingerprint density at radius 1 is 1.12 bits per heavy atom. The van der Waals surface area contributed by atoms with E-state index >= 15 is 0 Å². The Hall–Kier alpha value is -2.10. The number of hydrogen-bond acceptors (Lipinski definition) is 2. The highest BCUT2D eigenvalue weighted by molar-refractivity contribution is 6.02. The maximum absolute atomic E-state index is 11.1. The second-order valence-corrected chi connectivity index (χ2v) is 3.79. The van der Waals surface area contributed by atoms with Gasteiger partial charge in [-0.25, -0.2) is 0 Å². The molecule has 16 heavy (non-hydrogen) atoms. The molecule has 1 aliphatic rings. The first-order valence-electron chi connectivity index (χ1n) is 4.80. The number of benzene rings is 1. The predicted molar refractivity (Wildman–Crippen MR) is 56.9 cm³/mol. The van der Waals surface area contributed by atoms with Crippen molar-refractivity contribution >= 4 is 18.0 Å². The molecular weight excluding hydrogens is 208 g/mol. The SMILES string of the molecule is O=C(O)C1(C(=O)O)C=Cc2ccccc2C1. The number of carbonyl (C=O) groups is 2. The molecule has 82 valence electrons. The number of aliphatic carboxylic acids is 2. The summed E-state index contributed by atoms with van der Waals surface area (Å²) in [6, 6.07) is 7.18. The number of rotatable bonds is 2. The molecule has 0 aliphatic heterocycles. The fourth-order valence-corrected chi connectivity index (χ4v) is 1.83. The van der Waals surface area contributed by atoms with Gasteiger partial charge >= 0.3 is 11.9 Å². The van der Waals surface area contributed by atoms with Crippen LogP contribution in [-0.2, 0) is 16.0 Å². The van der Waals surface area contributed by atoms with Gasteiger partial charge in [0.15, 0.2) is 5.41 Å². The minimum Gasteiger partial charge on any atom is -0.480 e. The maximum Gasteiger partial charge on any atom is 0.325 e. The minimum absolute atomic E-state index is 0.00958. The van der Waals surface area contributed by atoms with E-state index in [1.165, 1.54) is 6.08 Å². The normalized spacial score (nSPS) is 16.5. The van der Waals surface area contributed by atoms with E-state index in [1.807, 2.05) is 12.1 Å². The van der Waals surface area contributed by atoms with Crippen molar-refractivity contribution in [1.82, 2.24) is 0 Å². The van der Waals surface area contributed by atoms with Gasteiger partial charge in [0.25, 0.3) is 0 Å². The van der Waals surface area contributed by atoms with E-state index in [0.29, 0.717) is 0 Å². The molecule has 1 aromatic carbocycles. The molecule has 0 saturated heterocycles. The molecule has 0 atom stereocenters. The molecule has 0 fully saturated rings. The van der Waals surface area contributed by atoms with E-state index in [2.05, 4.69) is 0 Å². The summed E-state index contributed by atoms with van der Waals surface area (Å²) in [5.74, 6) is -2.66. The maximum atomic E-state index is 11.1. The molecule has 4 nitrogen and oxygen atoms in total. The minimum atomic E-state index is -1.83. The van der Waals surface area contributed by atoms with Crippen LogP contribution in [0, 0.1) is 5.41 Å². The molecule has 0 unspecified atom stereocenters. The Balaban J connectivity index is 2.51. The van der Waals surface area contributed by atoms with Crippen molar-refractivity contribution in [2.24, 2.45) is 5.41 Å². The van der Waals surface area contributed by atoms with E-state index in [1.54, 1.807) is 18.2 Å². The van der Waals surface area contributed by atoms with Crippen LogP contribution in [0.25, 0.3) is 6.08 Å². The predicted octanol–water partition coefficient (Wildman–Crippen LogP) is 1.41. The Bertz CT molecular complexity index is 474. The van der Waals surface area contributed by atoms with Gasteiger partial charge in [0, 0.05) is 6.42 Å². The lowest BCUT2D eigenvalue weighted by Gasteiger charge is -2.25. The highest BCUT2D eigenvalue weighted by Crippen LogP contribution is 2.33. The van der Waals surface area contributed by atoms with Crippen molar-refractivity contribution in [3.05, 3.63) is 41.5 Å². The van der Waals surface area contributed by atoms with Crippen molar-refractivity contribution in [1.29, 1.82) is 0 Å². The second kappa shape index (κ2) is 3.48. The quantitative estimate of drug-likeness (QED) is 0.736. The third-order valence-electron chi connectivity index (χ3n) is 2.84. The highest BCUT2D eigenvalue weighted by atomic mass is 16.4. The summed E-state index contributed by atoms with van der Waals surface area (Å²) < 4.78 is 0. The number of fused-ring (bicyclic) bond motifs is 1. The lowest BCUT2D eigenvalue weighted by Crippen LogP contribution is -2.40. The molecule has 0 amide bonds. The molecule has 2 rings (SSSR count). The van der Waals surface area contributed by atoms with Gasteiger partial charge in [-0.15, -0.1) is 0 Å². The molecule has 1 aromatic rings. The summed E-state index contributed by atoms with van der Waals surface area (Å²) in [5.41, 5.74) is -0.204. The zero-order valence-electron chi connectivity index (χ0n) is 8.38. The standard InChI is InChI=1S/C12H10O4/c13-10(14)12(11(15)16)6-5-8-3-1-2-4-9(8)7-12/h1-6H,7H2,(H,13,14)(H,15,16). The van der Waals surface area contributed by atoms with Gasteiger partial charge < -0.3 is 10.2 Å². The first kappa shape index (κ1) is 10.4. The Morgan fingerprint density at radius 2 is 1.75 bits per heavy atom. The average molecular weight is 218 g/mol. The van der Waals surface area contributed by atoms with Crippen LogP contribution in [-0.4, -0.2) is 22.2 Å². The largest absolute Gasteiger partial charge is 0.480 e. The highest BCUT2D eigenvalue weighted by Gasteiger charge is 2.46. The van der Waals surface area contributed by atoms with Crippen LogP contribution in [0.3, 0.4) is 0 Å². The van der Waals surface area contributed by atoms with E-state index in [9.17, 15) is 9.59 Å². The van der Waals surface area contributed by atoms with Gasteiger partial charge in [-0.1, -0.05) is 36.4 Å². The van der Waals surface area contributed by atoms with E-state index < -0.39 is 17.4 Å². The van der Waals surface area contributed by atoms with Gasteiger partial charge in [-0.05, 0) is 11.1 Å². The van der Waals surface area contributed by atoms with E-state index in [4.69, 9.17) is 10.2 Å². The summed E-state index contributed by atoms with van der Waals surface area (Å²) in [5, 5.41) is 18.1. The van der Waals surface area contributed by atoms with E-state index in [0.717, 1.165) is 11.1 Å². The first-order valence-corrected chi connectivity index (χ1v) is 4.80. The number of hydrogen-bond donors (Lipinski definition) is 2. The molecule has 0 radical (unpaired) electrons. The zero-order valence-corrected chi connectivity index (χ0v) is 8.38. The van der Waals surface area contributed by atoms with E-state index in [-0.39, 0.29) is 6.42 Å². The van der Waals surface area contributed by atoms with Gasteiger partial charge in [0.1, 0.15) is 0 Å². The Morgan fingerprint density at radius 3 is 2.38 bits per heavy atom. The Labute approximate surface area is 91.8 Å². The molecule has 0 heterocycles. The van der Waals surface area contributed by atoms with Gasteiger partial charge in [-0.2, -0.15) is 0 Å². The number of carboxylic acid groups (broad SMARTS) is 2. The molecular formula is C12H10O4. The third kappa shape index (κ3) is 1.39. The third-order valence-corrected chi connectivity index (χ3v) is 2.84. The van der Waals surface area contributed by atoms with Crippen molar-refractivity contribution in [2.45, 2.75) is 6.42 Å². The lowest BCUT2D eigenvalue weighted by molar-refractivity contribution is -0.160. The smallest absolute Gasteiger partial charge is 0.325 e. The Kier molecular flexibility index (Phi) is 2.27. The van der Waals surface area contributed by atoms with Gasteiger partial charge in [0.2, 0.25) is 0 Å². The van der Waals surface area contributed by atoms with Crippen LogP contribution in [0.5, 0.6) is 0 Å². The van der Waals surface area contributed by atoms with Crippen molar-refractivity contribution in [2.75, 3.05) is 0 Å². The van der Waals surface area contributed by atoms with Crippen LogP contribution < -0.4 is 0 Å². The van der Waals surface area contributed by atoms with Crippen molar-refractivity contribution in [3.63, 3.8) is 0 Å². The fourth-order valence-electron chi connectivity index (χ4n) is 1.83. The zero-order chi connectivity index (χ0) is 11.8. The van der Waals surface area contributed by atoms with Gasteiger partial charge in [0.05, 0.1) is 0 Å². The molecule has 4 heteroatoms. The molecule has 1 aliphatic carbocycles. The summed E-state index contributed by atoms with van der Waals surface area (Å²) in [7, 11) is 0. The summed E-state index contributed by atoms with van der Waals surface area (Å²) in [6.07, 6.45) is 2.80.